The highest BCUT2D eigenvalue weighted by molar-refractivity contribution is 8.00. The Morgan fingerprint density at radius 1 is 1.52 bits per heavy atom. The van der Waals surface area contributed by atoms with Crippen LogP contribution in [0.15, 0.2) is 27.8 Å². The van der Waals surface area contributed by atoms with Crippen LogP contribution in [0.2, 0.25) is 0 Å². The molecule has 0 spiro atoms. The van der Waals surface area contributed by atoms with Crippen LogP contribution in [0.5, 0.6) is 0 Å². The predicted octanol–water partition coefficient (Wildman–Crippen LogP) is 1.93. The van der Waals surface area contributed by atoms with Crippen molar-refractivity contribution in [1.82, 2.24) is 15.1 Å². The molecule has 1 aromatic heterocycles. The van der Waals surface area contributed by atoms with E-state index < -0.39 is 0 Å². The molecule has 2 heterocycles. The van der Waals surface area contributed by atoms with Gasteiger partial charge >= 0.3 is 0 Å². The molecular weight excluding hydrogens is 336 g/mol. The Kier molecular flexibility index (Phi) is 7.68. The maximum atomic E-state index is 11.9. The van der Waals surface area contributed by atoms with Crippen molar-refractivity contribution in [3.8, 4) is 0 Å². The number of thioether (sulfide) groups is 1. The first-order chi connectivity index (χ1) is 12.0. The first kappa shape index (κ1) is 19.7. The number of furan rings is 1. The molecule has 1 aliphatic rings. The summed E-state index contributed by atoms with van der Waals surface area (Å²) in [6.07, 6.45) is 2.49. The van der Waals surface area contributed by atoms with E-state index >= 15 is 0 Å². The fraction of sp³-hybridized carbons (Fsp3) is 0.667. The van der Waals surface area contributed by atoms with Crippen molar-refractivity contribution in [2.45, 2.75) is 25.5 Å². The number of guanidine groups is 1. The lowest BCUT2D eigenvalue weighted by molar-refractivity contribution is -0.127. The second kappa shape index (κ2) is 9.75. The Hall–Kier alpha value is -1.63. The summed E-state index contributed by atoms with van der Waals surface area (Å²) >= 11 is 2.03. The number of rotatable bonds is 6. The zero-order valence-electron chi connectivity index (χ0n) is 15.7. The Labute approximate surface area is 155 Å². The SMILES string of the molecule is CC(C)C1CN(C(=NCC(=O)N(C)C)NCCc2ccco2)CCS1. The summed E-state index contributed by atoms with van der Waals surface area (Å²) < 4.78 is 5.38. The number of carbonyl (C=O) groups excluding carboxylic acids is 1. The molecule has 7 heteroatoms. The van der Waals surface area contributed by atoms with Crippen molar-refractivity contribution in [2.24, 2.45) is 10.9 Å². The number of hydrogen-bond acceptors (Lipinski definition) is 4. The van der Waals surface area contributed by atoms with Crippen LogP contribution in [0.1, 0.15) is 19.6 Å². The van der Waals surface area contributed by atoms with Crippen molar-refractivity contribution < 1.29 is 9.21 Å². The molecule has 2 rings (SSSR count). The highest BCUT2D eigenvalue weighted by Gasteiger charge is 2.25. The molecule has 1 fully saturated rings. The van der Waals surface area contributed by atoms with Gasteiger partial charge < -0.3 is 19.5 Å². The van der Waals surface area contributed by atoms with Crippen molar-refractivity contribution in [2.75, 3.05) is 46.0 Å². The smallest absolute Gasteiger partial charge is 0.243 e. The fourth-order valence-electron chi connectivity index (χ4n) is 2.58. The van der Waals surface area contributed by atoms with Gasteiger partial charge in [0.2, 0.25) is 5.91 Å². The largest absolute Gasteiger partial charge is 0.469 e. The van der Waals surface area contributed by atoms with E-state index in [4.69, 9.17) is 4.42 Å². The van der Waals surface area contributed by atoms with E-state index in [0.29, 0.717) is 11.2 Å². The third-order valence-electron chi connectivity index (χ3n) is 4.23. The Morgan fingerprint density at radius 2 is 2.32 bits per heavy atom. The summed E-state index contributed by atoms with van der Waals surface area (Å²) in [5, 5.41) is 4.01. The number of hydrogen-bond donors (Lipinski definition) is 1. The molecule has 1 N–H and O–H groups in total. The molecule has 1 aromatic rings. The molecule has 6 nitrogen and oxygen atoms in total. The van der Waals surface area contributed by atoms with E-state index in [-0.39, 0.29) is 12.5 Å². The average molecular weight is 367 g/mol. The molecule has 0 aromatic carbocycles. The second-order valence-corrected chi connectivity index (χ2v) is 8.13. The van der Waals surface area contributed by atoms with E-state index in [2.05, 4.69) is 29.1 Å². The minimum absolute atomic E-state index is 0.0112. The third kappa shape index (κ3) is 6.30. The number of nitrogens with zero attached hydrogens (tertiary/aromatic N) is 3. The molecule has 1 unspecified atom stereocenters. The summed E-state index contributed by atoms with van der Waals surface area (Å²) in [5.74, 6) is 3.50. The van der Waals surface area contributed by atoms with E-state index in [9.17, 15) is 4.79 Å². The molecule has 1 saturated heterocycles. The number of aliphatic imine (C=N–C) groups is 1. The molecule has 1 aliphatic heterocycles. The van der Waals surface area contributed by atoms with Crippen LogP contribution in [0.3, 0.4) is 0 Å². The van der Waals surface area contributed by atoms with Crippen LogP contribution < -0.4 is 5.32 Å². The molecule has 0 radical (unpaired) electrons. The monoisotopic (exact) mass is 366 g/mol. The van der Waals surface area contributed by atoms with Crippen LogP contribution in [-0.4, -0.2) is 72.9 Å². The van der Waals surface area contributed by atoms with Crippen LogP contribution in [0, 0.1) is 5.92 Å². The molecular formula is C18H30N4O2S. The molecule has 140 valence electrons. The van der Waals surface area contributed by atoms with Crippen molar-refractivity contribution in [3.05, 3.63) is 24.2 Å². The van der Waals surface area contributed by atoms with E-state index in [1.807, 2.05) is 23.9 Å². The highest BCUT2D eigenvalue weighted by Crippen LogP contribution is 2.24. The van der Waals surface area contributed by atoms with Crippen LogP contribution in [0.4, 0.5) is 0 Å². The van der Waals surface area contributed by atoms with Gasteiger partial charge in [-0.3, -0.25) is 4.79 Å². The van der Waals surface area contributed by atoms with Gasteiger partial charge in [-0.15, -0.1) is 0 Å². The van der Waals surface area contributed by atoms with Gasteiger partial charge in [0.05, 0.1) is 6.26 Å². The zero-order chi connectivity index (χ0) is 18.2. The highest BCUT2D eigenvalue weighted by atomic mass is 32.2. The second-order valence-electron chi connectivity index (χ2n) is 6.78. The van der Waals surface area contributed by atoms with E-state index in [1.54, 1.807) is 25.3 Å². The van der Waals surface area contributed by atoms with Crippen LogP contribution >= 0.6 is 11.8 Å². The van der Waals surface area contributed by atoms with Gasteiger partial charge in [-0.2, -0.15) is 11.8 Å². The maximum Gasteiger partial charge on any atom is 0.243 e. The summed E-state index contributed by atoms with van der Waals surface area (Å²) in [6.45, 7) is 7.35. The van der Waals surface area contributed by atoms with Gasteiger partial charge in [0.15, 0.2) is 5.96 Å². The molecule has 1 atom stereocenters. The quantitative estimate of drug-likeness (QED) is 0.616. The molecule has 0 bridgehead atoms. The molecule has 25 heavy (non-hydrogen) atoms. The van der Waals surface area contributed by atoms with Crippen LogP contribution in [0.25, 0.3) is 0 Å². The molecule has 0 saturated carbocycles. The van der Waals surface area contributed by atoms with Gasteiger partial charge in [0, 0.05) is 51.2 Å². The van der Waals surface area contributed by atoms with Crippen molar-refractivity contribution >= 4 is 23.6 Å². The van der Waals surface area contributed by atoms with Crippen LogP contribution in [-0.2, 0) is 11.2 Å². The van der Waals surface area contributed by atoms with Gasteiger partial charge in [-0.1, -0.05) is 13.8 Å². The van der Waals surface area contributed by atoms with E-state index in [0.717, 1.165) is 43.5 Å². The topological polar surface area (TPSA) is 61.1 Å². The Bertz CT molecular complexity index is 557. The Balaban J connectivity index is 1.99. The fourth-order valence-corrected chi connectivity index (χ4v) is 3.87. The number of carbonyl (C=O) groups is 1. The lowest BCUT2D eigenvalue weighted by Crippen LogP contribution is -2.49. The standard InChI is InChI=1S/C18H30N4O2S/c1-14(2)16-13-22(9-11-25-16)18(20-12-17(23)21(3)4)19-8-7-15-6-5-10-24-15/h5-6,10,14,16H,7-9,11-13H2,1-4H3,(H,19,20). The van der Waals surface area contributed by atoms with E-state index in [1.165, 1.54) is 0 Å². The first-order valence-corrected chi connectivity index (χ1v) is 9.89. The lowest BCUT2D eigenvalue weighted by Gasteiger charge is -2.36. The van der Waals surface area contributed by atoms with Crippen molar-refractivity contribution in [1.29, 1.82) is 0 Å². The maximum absolute atomic E-state index is 11.9. The summed E-state index contributed by atoms with van der Waals surface area (Å²) in [6, 6.07) is 3.87. The minimum Gasteiger partial charge on any atom is -0.469 e. The molecule has 1 amide bonds. The zero-order valence-corrected chi connectivity index (χ0v) is 16.5. The number of likely N-dealkylation sites (N-methyl/N-ethyl adjacent to an activating group) is 1. The van der Waals surface area contributed by atoms with Gasteiger partial charge in [-0.25, -0.2) is 4.99 Å². The molecule has 0 aliphatic carbocycles. The predicted molar refractivity (Wildman–Crippen MR) is 104 cm³/mol. The van der Waals surface area contributed by atoms with Gasteiger partial charge in [0.1, 0.15) is 12.3 Å². The minimum atomic E-state index is 0.0112. The summed E-state index contributed by atoms with van der Waals surface area (Å²) in [4.78, 5) is 20.4. The first-order valence-electron chi connectivity index (χ1n) is 8.84. The van der Waals surface area contributed by atoms with Gasteiger partial charge in [0.25, 0.3) is 0 Å². The number of nitrogens with one attached hydrogen (secondary N) is 1. The summed E-state index contributed by atoms with van der Waals surface area (Å²) in [7, 11) is 3.52. The van der Waals surface area contributed by atoms with Gasteiger partial charge in [-0.05, 0) is 18.1 Å². The average Bonchev–Trinajstić information content (AvgIpc) is 3.11. The Morgan fingerprint density at radius 3 is 2.96 bits per heavy atom. The van der Waals surface area contributed by atoms with Crippen molar-refractivity contribution in [3.63, 3.8) is 0 Å². The summed E-state index contributed by atoms with van der Waals surface area (Å²) in [5.41, 5.74) is 0. The number of amides is 1. The third-order valence-corrected chi connectivity index (χ3v) is 5.77. The lowest BCUT2D eigenvalue weighted by atomic mass is 10.1. The normalized spacial score (nSPS) is 18.5.